The maximum Gasteiger partial charge on any atom is 0.303 e. The molecule has 1 rings (SSSR count). The number of rotatable bonds is 6. The van der Waals surface area contributed by atoms with Gasteiger partial charge in [-0.3, -0.25) is 9.32 Å². The summed E-state index contributed by atoms with van der Waals surface area (Å²) in [5.41, 5.74) is 6.30. The van der Waals surface area contributed by atoms with Crippen LogP contribution in [-0.2, 0) is 11.3 Å². The average molecular weight is 214 g/mol. The van der Waals surface area contributed by atoms with Crippen molar-refractivity contribution in [2.45, 2.75) is 39.2 Å². The van der Waals surface area contributed by atoms with E-state index in [2.05, 4.69) is 5.27 Å². The molecule has 0 fully saturated rings. The third-order valence-electron chi connectivity index (χ3n) is 2.24. The van der Waals surface area contributed by atoms with E-state index in [1.807, 2.05) is 6.92 Å². The molecule has 0 radical (unpaired) electrons. The van der Waals surface area contributed by atoms with E-state index < -0.39 is 5.97 Å². The number of nitrogens with two attached hydrogens (primary N) is 1. The topological polar surface area (TPSA) is 93.2 Å². The maximum absolute atomic E-state index is 10.2. The van der Waals surface area contributed by atoms with Crippen molar-refractivity contribution < 1.29 is 19.1 Å². The predicted octanol–water partition coefficient (Wildman–Crippen LogP) is 0.498. The molecule has 0 aliphatic heterocycles. The van der Waals surface area contributed by atoms with Gasteiger partial charge in [0, 0.05) is 19.8 Å². The molecule has 6 nitrogen and oxygen atoms in total. The molecule has 1 aromatic rings. The third kappa shape index (κ3) is 3.57. The highest BCUT2D eigenvalue weighted by Crippen LogP contribution is 2.03. The van der Waals surface area contributed by atoms with Gasteiger partial charge >= 0.3 is 5.97 Å². The van der Waals surface area contributed by atoms with Crippen LogP contribution in [0.2, 0.25) is 0 Å². The number of carbonyl (C=O) groups is 1. The summed E-state index contributed by atoms with van der Waals surface area (Å²) in [6, 6.07) is 0. The Morgan fingerprint density at radius 2 is 2.27 bits per heavy atom. The zero-order valence-corrected chi connectivity index (χ0v) is 8.77. The molecule has 84 valence electrons. The van der Waals surface area contributed by atoms with Gasteiger partial charge in [0.15, 0.2) is 6.54 Å². The van der Waals surface area contributed by atoms with Crippen LogP contribution in [0.25, 0.3) is 0 Å². The highest BCUT2D eigenvalue weighted by atomic mass is 16.5. The number of carboxylic acid groups (broad SMARTS) is 1. The summed E-state index contributed by atoms with van der Waals surface area (Å²) in [5, 5.41) is 12.2. The second kappa shape index (κ2) is 5.33. The molecular weight excluding hydrogens is 198 g/mol. The number of hydrogen-bond acceptors (Lipinski definition) is 4. The molecule has 0 saturated heterocycles. The smallest absolute Gasteiger partial charge is 0.303 e. The van der Waals surface area contributed by atoms with Crippen molar-refractivity contribution in [3.63, 3.8) is 0 Å². The summed E-state index contributed by atoms with van der Waals surface area (Å²) >= 11 is 0. The fourth-order valence-corrected chi connectivity index (χ4v) is 1.27. The van der Waals surface area contributed by atoms with E-state index in [4.69, 9.17) is 15.4 Å². The molecule has 0 saturated carbocycles. The molecule has 1 heterocycles. The highest BCUT2D eigenvalue weighted by Gasteiger charge is 2.16. The second-order valence-electron chi connectivity index (χ2n) is 3.45. The van der Waals surface area contributed by atoms with Gasteiger partial charge in [0.05, 0.1) is 0 Å². The number of aryl methyl sites for hydroxylation is 1. The van der Waals surface area contributed by atoms with Crippen LogP contribution in [0, 0.1) is 6.92 Å². The quantitative estimate of drug-likeness (QED) is 0.531. The maximum atomic E-state index is 10.2. The first kappa shape index (κ1) is 11.5. The first-order valence-corrected chi connectivity index (χ1v) is 4.95. The lowest BCUT2D eigenvalue weighted by molar-refractivity contribution is -0.767. The van der Waals surface area contributed by atoms with E-state index in [1.165, 1.54) is 0 Å². The first-order valence-electron chi connectivity index (χ1n) is 4.95. The van der Waals surface area contributed by atoms with Crippen molar-refractivity contribution in [1.29, 1.82) is 0 Å². The van der Waals surface area contributed by atoms with Crippen LogP contribution in [-0.4, -0.2) is 16.3 Å². The molecular formula is C9H16N3O3+. The molecule has 0 bridgehead atoms. The van der Waals surface area contributed by atoms with E-state index in [9.17, 15) is 4.79 Å². The summed E-state index contributed by atoms with van der Waals surface area (Å²) in [6.45, 7) is 2.55. The summed E-state index contributed by atoms with van der Waals surface area (Å²) in [6.07, 6.45) is 2.67. The Kier molecular flexibility index (Phi) is 4.08. The van der Waals surface area contributed by atoms with Gasteiger partial charge in [-0.05, 0) is 17.5 Å². The van der Waals surface area contributed by atoms with Gasteiger partial charge in [0.1, 0.15) is 0 Å². The Labute approximate surface area is 87.6 Å². The lowest BCUT2D eigenvalue weighted by Crippen LogP contribution is -2.38. The molecule has 0 aromatic carbocycles. The second-order valence-corrected chi connectivity index (χ2v) is 3.45. The van der Waals surface area contributed by atoms with E-state index in [0.29, 0.717) is 18.8 Å². The van der Waals surface area contributed by atoms with E-state index >= 15 is 0 Å². The number of anilines is 1. The van der Waals surface area contributed by atoms with Gasteiger partial charge in [0.2, 0.25) is 5.27 Å². The van der Waals surface area contributed by atoms with Crippen molar-refractivity contribution >= 4 is 11.9 Å². The van der Waals surface area contributed by atoms with Crippen molar-refractivity contribution in [3.05, 3.63) is 5.69 Å². The molecule has 3 N–H and O–H groups in total. The minimum Gasteiger partial charge on any atom is -0.481 e. The van der Waals surface area contributed by atoms with Gasteiger partial charge in [-0.2, -0.15) is 0 Å². The van der Waals surface area contributed by atoms with Crippen molar-refractivity contribution in [3.8, 4) is 0 Å². The number of nitrogens with zero attached hydrogens (tertiary/aromatic N) is 2. The highest BCUT2D eigenvalue weighted by molar-refractivity contribution is 5.66. The van der Waals surface area contributed by atoms with Gasteiger partial charge in [-0.1, -0.05) is 0 Å². The fourth-order valence-electron chi connectivity index (χ4n) is 1.27. The Morgan fingerprint density at radius 1 is 1.53 bits per heavy atom. The Hall–Kier alpha value is -1.59. The first-order chi connectivity index (χ1) is 7.11. The van der Waals surface area contributed by atoms with Crippen LogP contribution < -0.4 is 10.4 Å². The molecule has 0 spiro atoms. The van der Waals surface area contributed by atoms with E-state index in [1.54, 1.807) is 4.68 Å². The van der Waals surface area contributed by atoms with Crippen molar-refractivity contribution in [1.82, 2.24) is 5.27 Å². The Balaban J connectivity index is 2.20. The SMILES string of the molecule is Cc1c(N)on[n+]1CCCCCC(=O)O. The molecule has 0 atom stereocenters. The molecule has 0 unspecified atom stereocenters. The zero-order chi connectivity index (χ0) is 11.3. The minimum absolute atomic E-state index is 0.227. The lowest BCUT2D eigenvalue weighted by atomic mass is 10.2. The summed E-state index contributed by atoms with van der Waals surface area (Å²) < 4.78 is 6.48. The number of nitrogen functional groups attached to an aromatic ring is 1. The number of aliphatic carboxylic acids is 1. The van der Waals surface area contributed by atoms with Crippen LogP contribution >= 0.6 is 0 Å². The van der Waals surface area contributed by atoms with Gasteiger partial charge < -0.3 is 10.8 Å². The van der Waals surface area contributed by atoms with Crippen LogP contribution in [0.1, 0.15) is 31.4 Å². The average Bonchev–Trinajstić information content (AvgIpc) is 2.48. The summed E-state index contributed by atoms with van der Waals surface area (Å²) in [7, 11) is 0. The molecule has 0 amide bonds. The van der Waals surface area contributed by atoms with Crippen LogP contribution in [0.4, 0.5) is 5.88 Å². The Bertz CT molecular complexity index is 335. The van der Waals surface area contributed by atoms with E-state index in [-0.39, 0.29) is 6.42 Å². The number of hydrogen-bond donors (Lipinski definition) is 2. The molecule has 0 aliphatic rings. The minimum atomic E-state index is -0.746. The van der Waals surface area contributed by atoms with Crippen LogP contribution in [0.5, 0.6) is 0 Å². The molecule has 6 heteroatoms. The molecule has 0 aliphatic carbocycles. The number of carboxylic acids is 1. The van der Waals surface area contributed by atoms with Gasteiger partial charge in [-0.15, -0.1) is 0 Å². The predicted molar refractivity (Wildman–Crippen MR) is 52.0 cm³/mol. The molecule has 1 aromatic heterocycles. The van der Waals surface area contributed by atoms with E-state index in [0.717, 1.165) is 18.5 Å². The van der Waals surface area contributed by atoms with Crippen molar-refractivity contribution in [2.75, 3.05) is 5.73 Å². The van der Waals surface area contributed by atoms with Gasteiger partial charge in [0.25, 0.3) is 11.6 Å². The fraction of sp³-hybridized carbons (Fsp3) is 0.667. The number of aromatic nitrogens is 2. The monoisotopic (exact) mass is 214 g/mol. The van der Waals surface area contributed by atoms with Crippen LogP contribution in [0.15, 0.2) is 4.52 Å². The third-order valence-corrected chi connectivity index (χ3v) is 2.24. The normalized spacial score (nSPS) is 10.5. The lowest BCUT2D eigenvalue weighted by Gasteiger charge is -1.93. The van der Waals surface area contributed by atoms with Gasteiger partial charge in [-0.25, -0.2) is 0 Å². The Morgan fingerprint density at radius 3 is 2.80 bits per heavy atom. The summed E-state index contributed by atoms with van der Waals surface area (Å²) in [5.74, 6) is -0.412. The molecule has 15 heavy (non-hydrogen) atoms. The largest absolute Gasteiger partial charge is 0.481 e. The summed E-state index contributed by atoms with van der Waals surface area (Å²) in [4.78, 5) is 10.2. The standard InChI is InChI=1S/C9H15N3O3/c1-7-9(10)15-11-12(7)6-4-2-3-5-8(13)14/h2-6H2,1H3,(H2-,10,11,13,14)/p+1. The number of unbranched alkanes of at least 4 members (excludes halogenated alkanes) is 2. The van der Waals surface area contributed by atoms with Crippen molar-refractivity contribution in [2.24, 2.45) is 0 Å². The zero-order valence-electron chi connectivity index (χ0n) is 8.77. The van der Waals surface area contributed by atoms with Crippen LogP contribution in [0.3, 0.4) is 0 Å².